The maximum absolute atomic E-state index is 12.8. The highest BCUT2D eigenvalue weighted by Crippen LogP contribution is 2.35. The average Bonchev–Trinajstić information content (AvgIpc) is 2.67. The first-order valence-electron chi connectivity index (χ1n) is 8.59. The Morgan fingerprint density at radius 1 is 1.24 bits per heavy atom. The standard InChI is InChI=1S/C18H18ClN3O6S/c1-29(26,27)14-10-12(9-13(11-14)22(24)25)18(23)20-16-4-2-3-15(19)17(16)21-5-7-28-8-6-21/h2-4,9-11H,5-8H2,1H3,(H,20,23). The second kappa shape index (κ2) is 8.36. The minimum absolute atomic E-state index is 0.146. The molecule has 3 rings (SSSR count). The molecule has 9 nitrogen and oxygen atoms in total. The zero-order valence-electron chi connectivity index (χ0n) is 15.4. The fourth-order valence-corrected chi connectivity index (χ4v) is 3.92. The first-order chi connectivity index (χ1) is 13.7. The number of ether oxygens (including phenoxy) is 1. The van der Waals surface area contributed by atoms with Crippen molar-refractivity contribution in [2.24, 2.45) is 0 Å². The van der Waals surface area contributed by atoms with Gasteiger partial charge in [0.25, 0.3) is 11.6 Å². The zero-order valence-corrected chi connectivity index (χ0v) is 17.0. The van der Waals surface area contributed by atoms with E-state index in [-0.39, 0.29) is 10.5 Å². The number of morpholine rings is 1. The number of nitro groups is 1. The number of halogens is 1. The predicted molar refractivity (Wildman–Crippen MR) is 109 cm³/mol. The summed E-state index contributed by atoms with van der Waals surface area (Å²) in [5.41, 5.74) is 0.390. The largest absolute Gasteiger partial charge is 0.378 e. The summed E-state index contributed by atoms with van der Waals surface area (Å²) in [6, 6.07) is 8.07. The van der Waals surface area contributed by atoms with Crippen LogP contribution in [0, 0.1) is 10.1 Å². The number of anilines is 2. The molecule has 1 heterocycles. The number of hydrogen-bond acceptors (Lipinski definition) is 7. The molecule has 1 amide bonds. The fourth-order valence-electron chi connectivity index (χ4n) is 2.95. The Morgan fingerprint density at radius 3 is 2.55 bits per heavy atom. The van der Waals surface area contributed by atoms with Crippen LogP contribution in [0.1, 0.15) is 10.4 Å². The van der Waals surface area contributed by atoms with Gasteiger partial charge in [-0.05, 0) is 18.2 Å². The van der Waals surface area contributed by atoms with Crippen molar-refractivity contribution in [2.75, 3.05) is 42.8 Å². The molecule has 1 N–H and O–H groups in total. The van der Waals surface area contributed by atoms with Crippen molar-refractivity contribution in [3.05, 3.63) is 57.1 Å². The van der Waals surface area contributed by atoms with Gasteiger partial charge in [0, 0.05) is 37.0 Å². The lowest BCUT2D eigenvalue weighted by Gasteiger charge is -2.31. The topological polar surface area (TPSA) is 119 Å². The Bertz CT molecular complexity index is 1070. The lowest BCUT2D eigenvalue weighted by molar-refractivity contribution is -0.385. The van der Waals surface area contributed by atoms with E-state index in [1.807, 2.05) is 4.90 Å². The average molecular weight is 440 g/mol. The molecule has 11 heteroatoms. The summed E-state index contributed by atoms with van der Waals surface area (Å²) in [5, 5.41) is 14.3. The van der Waals surface area contributed by atoms with Gasteiger partial charge in [0.2, 0.25) is 0 Å². The number of nitro benzene ring substituents is 1. The molecule has 29 heavy (non-hydrogen) atoms. The van der Waals surface area contributed by atoms with Crippen molar-refractivity contribution < 1.29 is 22.9 Å². The molecule has 2 aromatic carbocycles. The molecule has 154 valence electrons. The number of para-hydroxylation sites is 1. The van der Waals surface area contributed by atoms with Gasteiger partial charge in [-0.25, -0.2) is 8.42 Å². The summed E-state index contributed by atoms with van der Waals surface area (Å²) in [7, 11) is -3.75. The summed E-state index contributed by atoms with van der Waals surface area (Å²) < 4.78 is 29.1. The van der Waals surface area contributed by atoms with E-state index in [0.29, 0.717) is 42.7 Å². The number of nitrogens with one attached hydrogen (secondary N) is 1. The van der Waals surface area contributed by atoms with E-state index in [9.17, 15) is 23.3 Å². The Morgan fingerprint density at radius 2 is 1.93 bits per heavy atom. The number of amides is 1. The van der Waals surface area contributed by atoms with Crippen molar-refractivity contribution in [3.63, 3.8) is 0 Å². The van der Waals surface area contributed by atoms with Crippen molar-refractivity contribution >= 4 is 44.4 Å². The molecule has 0 atom stereocenters. The van der Waals surface area contributed by atoms with Gasteiger partial charge in [-0.15, -0.1) is 0 Å². The molecule has 0 radical (unpaired) electrons. The van der Waals surface area contributed by atoms with E-state index in [1.165, 1.54) is 0 Å². The van der Waals surface area contributed by atoms with Gasteiger partial charge in [0.15, 0.2) is 9.84 Å². The van der Waals surface area contributed by atoms with Crippen molar-refractivity contribution in [2.45, 2.75) is 4.90 Å². The van der Waals surface area contributed by atoms with Crippen LogP contribution in [0.25, 0.3) is 0 Å². The summed E-state index contributed by atoms with van der Waals surface area (Å²) in [6.07, 6.45) is 0.918. The van der Waals surface area contributed by atoms with Crippen LogP contribution >= 0.6 is 11.6 Å². The molecule has 0 bridgehead atoms. The third-order valence-corrected chi connectivity index (χ3v) is 5.75. The van der Waals surface area contributed by atoms with E-state index in [0.717, 1.165) is 24.5 Å². The van der Waals surface area contributed by atoms with Crippen LogP contribution in [0.5, 0.6) is 0 Å². The van der Waals surface area contributed by atoms with Crippen molar-refractivity contribution in [1.29, 1.82) is 0 Å². The molecular weight excluding hydrogens is 422 g/mol. The van der Waals surface area contributed by atoms with Gasteiger partial charge in [0.1, 0.15) is 0 Å². The Hall–Kier alpha value is -2.69. The molecule has 2 aromatic rings. The summed E-state index contributed by atoms with van der Waals surface area (Å²) in [6.45, 7) is 2.20. The molecular formula is C18H18ClN3O6S. The lowest BCUT2D eigenvalue weighted by Crippen LogP contribution is -2.37. The third kappa shape index (κ3) is 4.84. The van der Waals surface area contributed by atoms with Crippen LogP contribution in [0.15, 0.2) is 41.3 Å². The van der Waals surface area contributed by atoms with Gasteiger partial charge >= 0.3 is 0 Å². The fraction of sp³-hybridized carbons (Fsp3) is 0.278. The molecule has 0 unspecified atom stereocenters. The van der Waals surface area contributed by atoms with E-state index < -0.39 is 26.4 Å². The number of hydrogen-bond donors (Lipinski definition) is 1. The Balaban J connectivity index is 1.98. The van der Waals surface area contributed by atoms with Crippen molar-refractivity contribution in [3.8, 4) is 0 Å². The normalized spacial score (nSPS) is 14.5. The van der Waals surface area contributed by atoms with E-state index in [4.69, 9.17) is 16.3 Å². The number of carbonyl (C=O) groups is 1. The maximum atomic E-state index is 12.8. The first-order valence-corrected chi connectivity index (χ1v) is 10.9. The van der Waals surface area contributed by atoms with E-state index >= 15 is 0 Å². The Labute approximate surface area is 172 Å². The van der Waals surface area contributed by atoms with Crippen molar-refractivity contribution in [1.82, 2.24) is 0 Å². The monoisotopic (exact) mass is 439 g/mol. The van der Waals surface area contributed by atoms with E-state index in [2.05, 4.69) is 5.32 Å². The molecule has 1 aliphatic rings. The highest BCUT2D eigenvalue weighted by atomic mass is 35.5. The van der Waals surface area contributed by atoms with Crippen LogP contribution in [-0.4, -0.2) is 51.8 Å². The number of non-ortho nitro benzene ring substituents is 1. The molecule has 0 aromatic heterocycles. The molecule has 1 aliphatic heterocycles. The zero-order chi connectivity index (χ0) is 21.2. The summed E-state index contributed by atoms with van der Waals surface area (Å²) in [4.78, 5) is 24.9. The second-order valence-electron chi connectivity index (χ2n) is 6.43. The van der Waals surface area contributed by atoms with Crippen LogP contribution in [0.2, 0.25) is 5.02 Å². The first kappa shape index (κ1) is 21.0. The van der Waals surface area contributed by atoms with E-state index in [1.54, 1.807) is 18.2 Å². The quantitative estimate of drug-likeness (QED) is 0.561. The van der Waals surface area contributed by atoms with Crippen LogP contribution in [0.3, 0.4) is 0 Å². The number of rotatable bonds is 5. The smallest absolute Gasteiger partial charge is 0.271 e. The molecule has 0 aliphatic carbocycles. The van der Waals surface area contributed by atoms with Crippen LogP contribution in [0.4, 0.5) is 17.1 Å². The van der Waals surface area contributed by atoms with Crippen LogP contribution in [-0.2, 0) is 14.6 Å². The van der Waals surface area contributed by atoms with Gasteiger partial charge in [-0.2, -0.15) is 0 Å². The minimum atomic E-state index is -3.75. The molecule has 0 spiro atoms. The summed E-state index contributed by atoms with van der Waals surface area (Å²) >= 11 is 6.34. The van der Waals surface area contributed by atoms with Crippen LogP contribution < -0.4 is 10.2 Å². The SMILES string of the molecule is CS(=O)(=O)c1cc(C(=O)Nc2cccc(Cl)c2N2CCOCC2)cc([N+](=O)[O-])c1. The van der Waals surface area contributed by atoms with Gasteiger partial charge in [-0.1, -0.05) is 17.7 Å². The van der Waals surface area contributed by atoms with Gasteiger partial charge in [-0.3, -0.25) is 14.9 Å². The second-order valence-corrected chi connectivity index (χ2v) is 8.86. The van der Waals surface area contributed by atoms with Gasteiger partial charge < -0.3 is 15.0 Å². The highest BCUT2D eigenvalue weighted by Gasteiger charge is 2.22. The van der Waals surface area contributed by atoms with Gasteiger partial charge in [0.05, 0.1) is 39.4 Å². The Kier molecular flexibility index (Phi) is 6.06. The predicted octanol–water partition coefficient (Wildman–Crippen LogP) is 2.74. The summed E-state index contributed by atoms with van der Waals surface area (Å²) in [5.74, 6) is -0.685. The number of benzene rings is 2. The molecule has 0 saturated carbocycles. The molecule has 1 saturated heterocycles. The number of nitrogens with zero attached hydrogens (tertiary/aromatic N) is 2. The third-order valence-electron chi connectivity index (χ3n) is 4.35. The highest BCUT2D eigenvalue weighted by molar-refractivity contribution is 7.90. The lowest BCUT2D eigenvalue weighted by atomic mass is 10.1. The number of carbonyl (C=O) groups excluding carboxylic acids is 1. The number of sulfone groups is 1. The maximum Gasteiger partial charge on any atom is 0.271 e. The minimum Gasteiger partial charge on any atom is -0.378 e. The molecule has 1 fully saturated rings.